The summed E-state index contributed by atoms with van der Waals surface area (Å²) in [7, 11) is -6.62. The van der Waals surface area contributed by atoms with Crippen LogP contribution in [-0.2, 0) is 36.1 Å². The maximum atomic E-state index is 12.9. The second-order valence-corrected chi connectivity index (χ2v) is 12.1. The lowest BCUT2D eigenvalue weighted by Crippen LogP contribution is -2.31. The van der Waals surface area contributed by atoms with Crippen LogP contribution in [0, 0.1) is 0 Å². The Morgan fingerprint density at radius 3 is 2.19 bits per heavy atom. The van der Waals surface area contributed by atoms with Crippen molar-refractivity contribution in [1.29, 1.82) is 0 Å². The van der Waals surface area contributed by atoms with Gasteiger partial charge >= 0.3 is 5.97 Å². The summed E-state index contributed by atoms with van der Waals surface area (Å²) in [4.78, 5) is 29.0. The van der Waals surface area contributed by atoms with Gasteiger partial charge in [-0.25, -0.2) is 22.0 Å². The van der Waals surface area contributed by atoms with Crippen LogP contribution in [0.2, 0.25) is 0 Å². The first-order valence-electron chi connectivity index (χ1n) is 10.6. The predicted octanol–water partition coefficient (Wildman–Crippen LogP) is 1.63. The third-order valence-corrected chi connectivity index (χ3v) is 8.90. The first kappa shape index (κ1) is 28.1. The number of carbonyl (C=O) groups excluding carboxylic acids is 2. The molecule has 0 unspecified atom stereocenters. The number of hydrogen-bond acceptors (Lipinski definition) is 8. The number of carbonyl (C=O) groups is 2. The van der Waals surface area contributed by atoms with Crippen LogP contribution >= 0.6 is 11.3 Å². The SMILES string of the molecule is C=CCN(CC=C)S(=O)(=O)c1ccc(C(=O)N=c2sc3cc(S(N)(=O)=O)ccc3n2CC(=O)OC)cc1. The fourth-order valence-corrected chi connectivity index (χ4v) is 6.35. The van der Waals surface area contributed by atoms with E-state index < -0.39 is 31.9 Å². The van der Waals surface area contributed by atoms with E-state index in [4.69, 9.17) is 9.88 Å². The lowest BCUT2D eigenvalue weighted by molar-refractivity contribution is -0.141. The molecule has 0 fully saturated rings. The third kappa shape index (κ3) is 6.29. The topological polar surface area (TPSA) is 158 Å². The summed E-state index contributed by atoms with van der Waals surface area (Å²) in [6.45, 7) is 7.03. The highest BCUT2D eigenvalue weighted by atomic mass is 32.2. The number of nitrogens with two attached hydrogens (primary N) is 1. The molecule has 2 aromatic carbocycles. The molecule has 0 radical (unpaired) electrons. The molecular formula is C23H24N4O7S3. The monoisotopic (exact) mass is 564 g/mol. The van der Waals surface area contributed by atoms with Crippen molar-refractivity contribution in [2.45, 2.75) is 16.3 Å². The van der Waals surface area contributed by atoms with E-state index in [1.807, 2.05) is 0 Å². The zero-order valence-corrected chi connectivity index (χ0v) is 22.2. The molecule has 37 heavy (non-hydrogen) atoms. The number of methoxy groups -OCH3 is 1. The Hall–Kier alpha value is -3.43. The zero-order chi connectivity index (χ0) is 27.4. The number of benzene rings is 2. The maximum absolute atomic E-state index is 12.9. The standard InChI is InChI=1S/C23H24N4O7S3/c1-4-12-26(13-5-2)37(32,33)17-8-6-16(7-9-17)22(29)25-23-27(15-21(28)34-3)19-11-10-18(36(24,30)31)14-20(19)35-23/h4-11,14H,1-2,12-13,15H2,3H3,(H2,24,30,31). The van der Waals surface area contributed by atoms with Gasteiger partial charge in [0.15, 0.2) is 4.80 Å². The Labute approximate surface area is 217 Å². The van der Waals surface area contributed by atoms with E-state index >= 15 is 0 Å². The summed E-state index contributed by atoms with van der Waals surface area (Å²) in [6.07, 6.45) is 2.91. The fourth-order valence-electron chi connectivity index (χ4n) is 3.29. The van der Waals surface area contributed by atoms with Gasteiger partial charge in [0.05, 0.1) is 27.1 Å². The Morgan fingerprint density at radius 2 is 1.65 bits per heavy atom. The van der Waals surface area contributed by atoms with Gasteiger partial charge in [0.2, 0.25) is 20.0 Å². The number of fused-ring (bicyclic) bond motifs is 1. The molecule has 3 rings (SSSR count). The quantitative estimate of drug-likeness (QED) is 0.289. The van der Waals surface area contributed by atoms with Crippen LogP contribution in [-0.4, -0.2) is 57.8 Å². The van der Waals surface area contributed by atoms with Gasteiger partial charge in [0, 0.05) is 18.7 Å². The van der Waals surface area contributed by atoms with Crippen molar-refractivity contribution < 1.29 is 31.2 Å². The van der Waals surface area contributed by atoms with Crippen molar-refractivity contribution in [1.82, 2.24) is 8.87 Å². The van der Waals surface area contributed by atoms with Crippen LogP contribution in [0.1, 0.15) is 10.4 Å². The van der Waals surface area contributed by atoms with Gasteiger partial charge in [0.25, 0.3) is 5.91 Å². The minimum atomic E-state index is -3.98. The Balaban J connectivity index is 2.04. The highest BCUT2D eigenvalue weighted by Crippen LogP contribution is 2.22. The Morgan fingerprint density at radius 1 is 1.05 bits per heavy atom. The van der Waals surface area contributed by atoms with Gasteiger partial charge in [-0.15, -0.1) is 13.2 Å². The van der Waals surface area contributed by atoms with Gasteiger partial charge in [-0.05, 0) is 42.5 Å². The summed E-state index contributed by atoms with van der Waals surface area (Å²) in [5, 5.41) is 5.21. The highest BCUT2D eigenvalue weighted by Gasteiger charge is 2.23. The molecule has 1 aromatic heterocycles. The lowest BCUT2D eigenvalue weighted by atomic mass is 10.2. The van der Waals surface area contributed by atoms with E-state index in [1.54, 1.807) is 0 Å². The Kier molecular flexibility index (Phi) is 8.60. The van der Waals surface area contributed by atoms with E-state index in [9.17, 15) is 26.4 Å². The molecule has 1 amide bonds. The molecule has 2 N–H and O–H groups in total. The average Bonchev–Trinajstić information content (AvgIpc) is 3.19. The molecule has 0 saturated heterocycles. The molecule has 0 aliphatic rings. The largest absolute Gasteiger partial charge is 0.468 e. The number of aromatic nitrogens is 1. The van der Waals surface area contributed by atoms with Crippen LogP contribution < -0.4 is 9.94 Å². The fraction of sp³-hybridized carbons (Fsp3) is 0.174. The molecular weight excluding hydrogens is 540 g/mol. The summed E-state index contributed by atoms with van der Waals surface area (Å²) in [6, 6.07) is 9.31. The first-order valence-corrected chi connectivity index (χ1v) is 14.4. The smallest absolute Gasteiger partial charge is 0.325 e. The predicted molar refractivity (Wildman–Crippen MR) is 139 cm³/mol. The molecule has 0 saturated carbocycles. The molecule has 11 nitrogen and oxygen atoms in total. The van der Waals surface area contributed by atoms with E-state index in [0.717, 1.165) is 11.3 Å². The van der Waals surface area contributed by atoms with Gasteiger partial charge in [-0.1, -0.05) is 23.5 Å². The van der Waals surface area contributed by atoms with E-state index in [0.29, 0.717) is 10.2 Å². The minimum absolute atomic E-state index is 0.0223. The zero-order valence-electron chi connectivity index (χ0n) is 19.7. The van der Waals surface area contributed by atoms with Gasteiger partial charge in [-0.2, -0.15) is 9.30 Å². The van der Waals surface area contributed by atoms with E-state index in [-0.39, 0.29) is 39.8 Å². The molecule has 1 heterocycles. The average molecular weight is 565 g/mol. The summed E-state index contributed by atoms with van der Waals surface area (Å²) in [5.74, 6) is -1.31. The number of nitrogens with zero attached hydrogens (tertiary/aromatic N) is 3. The molecule has 0 bridgehead atoms. The van der Waals surface area contributed by atoms with Gasteiger partial charge in [-0.3, -0.25) is 9.59 Å². The van der Waals surface area contributed by atoms with Crippen molar-refractivity contribution in [3.63, 3.8) is 0 Å². The number of thiazole rings is 1. The second kappa shape index (κ2) is 11.3. The molecule has 196 valence electrons. The van der Waals surface area contributed by atoms with Crippen LogP contribution in [0.4, 0.5) is 0 Å². The van der Waals surface area contributed by atoms with Crippen LogP contribution in [0.3, 0.4) is 0 Å². The number of primary sulfonamides is 1. The van der Waals surface area contributed by atoms with E-state index in [2.05, 4.69) is 18.2 Å². The van der Waals surface area contributed by atoms with Crippen LogP contribution in [0.5, 0.6) is 0 Å². The van der Waals surface area contributed by atoms with Crippen molar-refractivity contribution in [2.75, 3.05) is 20.2 Å². The molecule has 14 heteroatoms. The molecule has 3 aromatic rings. The van der Waals surface area contributed by atoms with E-state index in [1.165, 1.54) is 70.6 Å². The van der Waals surface area contributed by atoms with Crippen LogP contribution in [0.25, 0.3) is 10.2 Å². The summed E-state index contributed by atoms with van der Waals surface area (Å²) < 4.78 is 57.0. The van der Waals surface area contributed by atoms with Crippen molar-refractivity contribution in [2.24, 2.45) is 10.1 Å². The van der Waals surface area contributed by atoms with Crippen molar-refractivity contribution >= 4 is 53.5 Å². The van der Waals surface area contributed by atoms with Gasteiger partial charge in [0.1, 0.15) is 6.54 Å². The summed E-state index contributed by atoms with van der Waals surface area (Å²) >= 11 is 0.978. The lowest BCUT2D eigenvalue weighted by Gasteiger charge is -2.19. The number of hydrogen-bond donors (Lipinski definition) is 1. The molecule has 0 spiro atoms. The molecule has 0 aliphatic carbocycles. The normalized spacial score (nSPS) is 12.6. The van der Waals surface area contributed by atoms with Crippen molar-refractivity contribution in [3.8, 4) is 0 Å². The number of esters is 1. The molecule has 0 aliphatic heterocycles. The third-order valence-electron chi connectivity index (χ3n) is 5.10. The van der Waals surface area contributed by atoms with Crippen LogP contribution in [0.15, 0.2) is 82.6 Å². The summed E-state index contributed by atoms with van der Waals surface area (Å²) in [5.41, 5.74) is 0.547. The van der Waals surface area contributed by atoms with Crippen molar-refractivity contribution in [3.05, 3.63) is 78.1 Å². The second-order valence-electron chi connectivity index (χ2n) is 7.56. The first-order chi connectivity index (χ1) is 17.4. The Bertz CT molecular complexity index is 1640. The number of sulfonamides is 2. The highest BCUT2D eigenvalue weighted by molar-refractivity contribution is 7.89. The number of ether oxygens (including phenoxy) is 1. The number of rotatable bonds is 10. The van der Waals surface area contributed by atoms with Gasteiger partial charge < -0.3 is 9.30 Å². The minimum Gasteiger partial charge on any atom is -0.468 e. The number of amides is 1. The maximum Gasteiger partial charge on any atom is 0.325 e. The molecule has 0 atom stereocenters.